The third kappa shape index (κ3) is 5.11. The molecule has 0 bridgehead atoms. The van der Waals surface area contributed by atoms with E-state index in [0.717, 1.165) is 37.8 Å². The number of anilines is 1. The molecule has 0 aromatic heterocycles. The second-order valence-electron chi connectivity index (χ2n) is 7.27. The van der Waals surface area contributed by atoms with Crippen LogP contribution in [0.2, 0.25) is 0 Å². The first kappa shape index (κ1) is 20.4. The van der Waals surface area contributed by atoms with Gasteiger partial charge in [0.05, 0.1) is 5.56 Å². The standard InChI is InChI=1S/C21H24F3N3O/c1-15-3-7-18(8-4-15)25-20(28)16-5-6-17(19(13-16)21(22,23)24)14-27-11-9-26(2)10-12-27/h3-8,13H,9-12,14H2,1-2H3,(H,25,28). The minimum absolute atomic E-state index is 0.00460. The summed E-state index contributed by atoms with van der Waals surface area (Å²) in [7, 11) is 2.00. The smallest absolute Gasteiger partial charge is 0.322 e. The first-order valence-electron chi connectivity index (χ1n) is 9.21. The summed E-state index contributed by atoms with van der Waals surface area (Å²) in [6.45, 7) is 5.26. The summed E-state index contributed by atoms with van der Waals surface area (Å²) in [4.78, 5) is 16.6. The van der Waals surface area contributed by atoms with Crippen LogP contribution in [0.4, 0.5) is 18.9 Å². The van der Waals surface area contributed by atoms with Crippen LogP contribution in [0.3, 0.4) is 0 Å². The van der Waals surface area contributed by atoms with Gasteiger partial charge in [-0.05, 0) is 43.8 Å². The normalized spacial score (nSPS) is 16.2. The van der Waals surface area contributed by atoms with Crippen molar-refractivity contribution in [2.24, 2.45) is 0 Å². The van der Waals surface area contributed by atoms with Crippen LogP contribution in [0.25, 0.3) is 0 Å². The van der Waals surface area contributed by atoms with Crippen LogP contribution >= 0.6 is 0 Å². The van der Waals surface area contributed by atoms with E-state index in [1.54, 1.807) is 12.1 Å². The first-order valence-corrected chi connectivity index (χ1v) is 9.21. The Bertz CT molecular complexity index is 826. The Labute approximate surface area is 162 Å². The Morgan fingerprint density at radius 3 is 2.29 bits per heavy atom. The predicted octanol–water partition coefficient (Wildman–Crippen LogP) is 4.01. The summed E-state index contributed by atoms with van der Waals surface area (Å²) in [6, 6.07) is 10.9. The van der Waals surface area contributed by atoms with Crippen molar-refractivity contribution < 1.29 is 18.0 Å². The summed E-state index contributed by atoms with van der Waals surface area (Å²) >= 11 is 0. The van der Waals surface area contributed by atoms with Gasteiger partial charge in [0.15, 0.2) is 0 Å². The molecular weight excluding hydrogens is 367 g/mol. The van der Waals surface area contributed by atoms with Crippen molar-refractivity contribution in [3.63, 3.8) is 0 Å². The van der Waals surface area contributed by atoms with Gasteiger partial charge in [0, 0.05) is 44.0 Å². The van der Waals surface area contributed by atoms with E-state index in [1.807, 2.05) is 31.0 Å². The molecule has 7 heteroatoms. The maximum Gasteiger partial charge on any atom is 0.416 e. The van der Waals surface area contributed by atoms with Gasteiger partial charge < -0.3 is 10.2 Å². The highest BCUT2D eigenvalue weighted by Gasteiger charge is 2.34. The van der Waals surface area contributed by atoms with Crippen molar-refractivity contribution in [2.45, 2.75) is 19.6 Å². The van der Waals surface area contributed by atoms with E-state index in [-0.39, 0.29) is 17.7 Å². The number of benzene rings is 2. The van der Waals surface area contributed by atoms with Gasteiger partial charge in [0.1, 0.15) is 0 Å². The van der Waals surface area contributed by atoms with Gasteiger partial charge in [-0.25, -0.2) is 0 Å². The van der Waals surface area contributed by atoms with Gasteiger partial charge in [-0.3, -0.25) is 9.69 Å². The molecule has 4 nitrogen and oxygen atoms in total. The third-order valence-electron chi connectivity index (χ3n) is 4.98. The summed E-state index contributed by atoms with van der Waals surface area (Å²) in [6.07, 6.45) is -4.51. The lowest BCUT2D eigenvalue weighted by Crippen LogP contribution is -2.44. The summed E-state index contributed by atoms with van der Waals surface area (Å²) < 4.78 is 40.9. The lowest BCUT2D eigenvalue weighted by molar-refractivity contribution is -0.138. The summed E-state index contributed by atoms with van der Waals surface area (Å²) in [5.41, 5.74) is 1.03. The minimum Gasteiger partial charge on any atom is -0.322 e. The molecule has 0 unspecified atom stereocenters. The number of hydrogen-bond acceptors (Lipinski definition) is 3. The van der Waals surface area contributed by atoms with E-state index in [0.29, 0.717) is 5.69 Å². The highest BCUT2D eigenvalue weighted by atomic mass is 19.4. The maximum absolute atomic E-state index is 13.6. The van der Waals surface area contributed by atoms with Crippen molar-refractivity contribution in [3.8, 4) is 0 Å². The fraction of sp³-hybridized carbons (Fsp3) is 0.381. The Kier molecular flexibility index (Phi) is 6.05. The van der Waals surface area contributed by atoms with Crippen LogP contribution in [0.5, 0.6) is 0 Å². The number of carbonyl (C=O) groups is 1. The number of alkyl halides is 3. The van der Waals surface area contributed by atoms with E-state index < -0.39 is 17.6 Å². The van der Waals surface area contributed by atoms with Crippen molar-refractivity contribution in [2.75, 3.05) is 38.5 Å². The molecule has 2 aromatic carbocycles. The monoisotopic (exact) mass is 391 g/mol. The van der Waals surface area contributed by atoms with Gasteiger partial charge in [0.2, 0.25) is 0 Å². The summed E-state index contributed by atoms with van der Waals surface area (Å²) in [5.74, 6) is -0.555. The number of hydrogen-bond donors (Lipinski definition) is 1. The minimum atomic E-state index is -4.51. The number of halogens is 3. The molecule has 1 heterocycles. The first-order chi connectivity index (χ1) is 13.2. The zero-order chi connectivity index (χ0) is 20.3. The highest BCUT2D eigenvalue weighted by molar-refractivity contribution is 6.04. The largest absolute Gasteiger partial charge is 0.416 e. The van der Waals surface area contributed by atoms with Gasteiger partial charge in [-0.1, -0.05) is 23.8 Å². The van der Waals surface area contributed by atoms with E-state index in [1.165, 1.54) is 12.1 Å². The third-order valence-corrected chi connectivity index (χ3v) is 4.98. The maximum atomic E-state index is 13.6. The average molecular weight is 391 g/mol. The molecule has 3 rings (SSSR count). The van der Waals surface area contributed by atoms with Crippen LogP contribution in [-0.2, 0) is 12.7 Å². The Morgan fingerprint density at radius 2 is 1.68 bits per heavy atom. The fourth-order valence-electron chi connectivity index (χ4n) is 3.21. The number of amides is 1. The molecule has 1 amide bonds. The molecule has 1 saturated heterocycles. The zero-order valence-corrected chi connectivity index (χ0v) is 16.0. The second-order valence-corrected chi connectivity index (χ2v) is 7.27. The van der Waals surface area contributed by atoms with Crippen LogP contribution in [0.15, 0.2) is 42.5 Å². The van der Waals surface area contributed by atoms with E-state index >= 15 is 0 Å². The number of carbonyl (C=O) groups excluding carboxylic acids is 1. The molecular formula is C21H24F3N3O. The number of nitrogens with one attached hydrogen (secondary N) is 1. The molecule has 0 radical (unpaired) electrons. The van der Waals surface area contributed by atoms with Crippen molar-refractivity contribution in [1.82, 2.24) is 9.80 Å². The number of piperazine rings is 1. The molecule has 28 heavy (non-hydrogen) atoms. The van der Waals surface area contributed by atoms with E-state index in [2.05, 4.69) is 10.2 Å². The van der Waals surface area contributed by atoms with E-state index in [9.17, 15) is 18.0 Å². The quantitative estimate of drug-likeness (QED) is 0.855. The lowest BCUT2D eigenvalue weighted by Gasteiger charge is -2.33. The molecule has 0 aliphatic carbocycles. The molecule has 0 spiro atoms. The number of nitrogens with zero attached hydrogens (tertiary/aromatic N) is 2. The predicted molar refractivity (Wildman–Crippen MR) is 103 cm³/mol. The van der Waals surface area contributed by atoms with Crippen LogP contribution < -0.4 is 5.32 Å². The highest BCUT2D eigenvalue weighted by Crippen LogP contribution is 2.33. The average Bonchev–Trinajstić information content (AvgIpc) is 2.65. The Morgan fingerprint density at radius 1 is 1.04 bits per heavy atom. The van der Waals surface area contributed by atoms with Gasteiger partial charge in [-0.2, -0.15) is 13.2 Å². The van der Waals surface area contributed by atoms with Crippen molar-refractivity contribution in [3.05, 3.63) is 64.7 Å². The molecule has 150 valence electrons. The van der Waals surface area contributed by atoms with Crippen LogP contribution in [0, 0.1) is 6.92 Å². The Hall–Kier alpha value is -2.38. The fourth-order valence-corrected chi connectivity index (χ4v) is 3.21. The second kappa shape index (κ2) is 8.32. The van der Waals surface area contributed by atoms with E-state index in [4.69, 9.17) is 0 Å². The van der Waals surface area contributed by atoms with Gasteiger partial charge in [0.25, 0.3) is 5.91 Å². The molecule has 1 aliphatic rings. The van der Waals surface area contributed by atoms with Gasteiger partial charge in [-0.15, -0.1) is 0 Å². The molecule has 1 fully saturated rings. The molecule has 2 aromatic rings. The molecule has 1 N–H and O–H groups in total. The lowest BCUT2D eigenvalue weighted by atomic mass is 10.0. The van der Waals surface area contributed by atoms with Crippen LogP contribution in [0.1, 0.15) is 27.0 Å². The zero-order valence-electron chi connectivity index (χ0n) is 16.0. The molecule has 1 aliphatic heterocycles. The number of aryl methyl sites for hydroxylation is 1. The van der Waals surface area contributed by atoms with Gasteiger partial charge >= 0.3 is 6.18 Å². The Balaban J connectivity index is 1.79. The topological polar surface area (TPSA) is 35.6 Å². The van der Waals surface area contributed by atoms with Crippen molar-refractivity contribution >= 4 is 11.6 Å². The molecule has 0 saturated carbocycles. The number of likely N-dealkylation sites (N-methyl/N-ethyl adjacent to an activating group) is 1. The SMILES string of the molecule is Cc1ccc(NC(=O)c2ccc(CN3CCN(C)CC3)c(C(F)(F)F)c2)cc1. The molecule has 0 atom stereocenters. The number of rotatable bonds is 4. The van der Waals surface area contributed by atoms with Crippen LogP contribution in [-0.4, -0.2) is 48.9 Å². The van der Waals surface area contributed by atoms with Crippen molar-refractivity contribution in [1.29, 1.82) is 0 Å². The summed E-state index contributed by atoms with van der Waals surface area (Å²) in [5, 5.41) is 2.65.